The Morgan fingerprint density at radius 1 is 1.32 bits per heavy atom. The molecule has 1 aliphatic heterocycles. The monoisotopic (exact) mass is 322 g/mol. The molecular formula is C17H23ClN2O2. The van der Waals surface area contributed by atoms with Crippen molar-refractivity contribution in [3.8, 4) is 0 Å². The summed E-state index contributed by atoms with van der Waals surface area (Å²) in [5.74, 6) is 0.0811. The van der Waals surface area contributed by atoms with Crippen molar-refractivity contribution in [2.45, 2.75) is 39.0 Å². The second-order valence-corrected chi connectivity index (χ2v) is 6.19. The minimum Gasteiger partial charge on any atom is -0.352 e. The lowest BCUT2D eigenvalue weighted by molar-refractivity contribution is -0.130. The molecule has 120 valence electrons. The van der Waals surface area contributed by atoms with Crippen molar-refractivity contribution in [1.29, 1.82) is 0 Å². The summed E-state index contributed by atoms with van der Waals surface area (Å²) in [5, 5.41) is 3.34. The molecule has 5 heteroatoms. The average Bonchev–Trinajstić information content (AvgIpc) is 2.68. The van der Waals surface area contributed by atoms with Crippen molar-refractivity contribution in [1.82, 2.24) is 10.2 Å². The maximum absolute atomic E-state index is 12.1. The molecule has 0 bridgehead atoms. The second-order valence-electron chi connectivity index (χ2n) is 5.78. The summed E-state index contributed by atoms with van der Waals surface area (Å²) in [6, 6.07) is 5.40. The third-order valence-corrected chi connectivity index (χ3v) is 4.24. The SMILES string of the molecule is Cc1ccc(C(=O)NCCCN2CCCCCC2=O)c(Cl)c1. The van der Waals surface area contributed by atoms with E-state index in [1.165, 1.54) is 0 Å². The average molecular weight is 323 g/mol. The van der Waals surface area contributed by atoms with Crippen LogP contribution in [0.15, 0.2) is 18.2 Å². The molecule has 0 aromatic heterocycles. The molecule has 2 rings (SSSR count). The van der Waals surface area contributed by atoms with Gasteiger partial charge in [-0.2, -0.15) is 0 Å². The van der Waals surface area contributed by atoms with Gasteiger partial charge in [0.25, 0.3) is 5.91 Å². The van der Waals surface area contributed by atoms with Crippen LogP contribution in [-0.4, -0.2) is 36.3 Å². The first-order valence-corrected chi connectivity index (χ1v) is 8.28. The van der Waals surface area contributed by atoms with Gasteiger partial charge in [0.2, 0.25) is 5.91 Å². The molecule has 1 aliphatic rings. The van der Waals surface area contributed by atoms with Crippen molar-refractivity contribution >= 4 is 23.4 Å². The summed E-state index contributed by atoms with van der Waals surface area (Å²) in [6.45, 7) is 4.04. The van der Waals surface area contributed by atoms with Crippen LogP contribution in [0.5, 0.6) is 0 Å². The number of carbonyl (C=O) groups excluding carboxylic acids is 2. The van der Waals surface area contributed by atoms with Gasteiger partial charge in [-0.05, 0) is 43.9 Å². The van der Waals surface area contributed by atoms with Crippen LogP contribution in [0.25, 0.3) is 0 Å². The summed E-state index contributed by atoms with van der Waals surface area (Å²) in [5.41, 5.74) is 1.53. The maximum atomic E-state index is 12.1. The van der Waals surface area contributed by atoms with E-state index in [1.54, 1.807) is 12.1 Å². The Kier molecular flexibility index (Phi) is 6.25. The first-order valence-electron chi connectivity index (χ1n) is 7.90. The Morgan fingerprint density at radius 2 is 2.14 bits per heavy atom. The molecular weight excluding hydrogens is 300 g/mol. The normalized spacial score (nSPS) is 15.5. The molecule has 1 saturated heterocycles. The highest BCUT2D eigenvalue weighted by atomic mass is 35.5. The van der Waals surface area contributed by atoms with Crippen LogP contribution >= 0.6 is 11.6 Å². The number of rotatable bonds is 5. The largest absolute Gasteiger partial charge is 0.352 e. The third kappa shape index (κ3) is 4.73. The van der Waals surface area contributed by atoms with Gasteiger partial charge in [0.15, 0.2) is 0 Å². The minimum absolute atomic E-state index is 0.160. The molecule has 1 fully saturated rings. The van der Waals surface area contributed by atoms with Gasteiger partial charge in [-0.1, -0.05) is 24.1 Å². The molecule has 22 heavy (non-hydrogen) atoms. The number of hydrogen-bond donors (Lipinski definition) is 1. The molecule has 2 amide bonds. The van der Waals surface area contributed by atoms with E-state index in [4.69, 9.17) is 11.6 Å². The fourth-order valence-electron chi connectivity index (χ4n) is 2.65. The van der Waals surface area contributed by atoms with Crippen molar-refractivity contribution in [2.24, 2.45) is 0 Å². The molecule has 0 aliphatic carbocycles. The van der Waals surface area contributed by atoms with E-state index in [-0.39, 0.29) is 11.8 Å². The number of likely N-dealkylation sites (tertiary alicyclic amines) is 1. The quantitative estimate of drug-likeness (QED) is 0.846. The smallest absolute Gasteiger partial charge is 0.252 e. The minimum atomic E-state index is -0.160. The lowest BCUT2D eigenvalue weighted by Crippen LogP contribution is -2.34. The van der Waals surface area contributed by atoms with Crippen LogP contribution < -0.4 is 5.32 Å². The fraction of sp³-hybridized carbons (Fsp3) is 0.529. The van der Waals surface area contributed by atoms with Gasteiger partial charge in [0, 0.05) is 26.1 Å². The molecule has 1 N–H and O–H groups in total. The zero-order valence-corrected chi connectivity index (χ0v) is 13.8. The molecule has 0 unspecified atom stereocenters. The van der Waals surface area contributed by atoms with Crippen LogP contribution in [0.3, 0.4) is 0 Å². The zero-order chi connectivity index (χ0) is 15.9. The number of carbonyl (C=O) groups is 2. The highest BCUT2D eigenvalue weighted by Gasteiger charge is 2.16. The van der Waals surface area contributed by atoms with Crippen LogP contribution in [-0.2, 0) is 4.79 Å². The number of halogens is 1. The summed E-state index contributed by atoms with van der Waals surface area (Å²) in [6.07, 6.45) is 4.63. The molecule has 4 nitrogen and oxygen atoms in total. The van der Waals surface area contributed by atoms with Crippen LogP contribution in [0.4, 0.5) is 0 Å². The lowest BCUT2D eigenvalue weighted by Gasteiger charge is -2.20. The molecule has 1 heterocycles. The number of nitrogens with zero attached hydrogens (tertiary/aromatic N) is 1. The van der Waals surface area contributed by atoms with Gasteiger partial charge in [0.1, 0.15) is 0 Å². The van der Waals surface area contributed by atoms with E-state index in [0.717, 1.165) is 37.8 Å². The van der Waals surface area contributed by atoms with Crippen molar-refractivity contribution in [3.63, 3.8) is 0 Å². The third-order valence-electron chi connectivity index (χ3n) is 3.93. The number of hydrogen-bond acceptors (Lipinski definition) is 2. The predicted molar refractivity (Wildman–Crippen MR) is 88.2 cm³/mol. The Balaban J connectivity index is 1.76. The number of nitrogens with one attached hydrogen (secondary N) is 1. The van der Waals surface area contributed by atoms with Crippen molar-refractivity contribution < 1.29 is 9.59 Å². The molecule has 0 radical (unpaired) electrons. The zero-order valence-electron chi connectivity index (χ0n) is 13.0. The molecule has 0 spiro atoms. The standard InChI is InChI=1S/C17H23ClN2O2/c1-13-7-8-14(15(18)12-13)17(22)19-9-5-11-20-10-4-2-3-6-16(20)21/h7-8,12H,2-6,9-11H2,1H3,(H,19,22). The number of aryl methyl sites for hydroxylation is 1. The Hall–Kier alpha value is -1.55. The topological polar surface area (TPSA) is 49.4 Å². The van der Waals surface area contributed by atoms with Crippen LogP contribution in [0.1, 0.15) is 48.0 Å². The summed E-state index contributed by atoms with van der Waals surface area (Å²) in [7, 11) is 0. The Morgan fingerprint density at radius 3 is 2.91 bits per heavy atom. The molecule has 1 aromatic rings. The van der Waals surface area contributed by atoms with Crippen molar-refractivity contribution in [2.75, 3.05) is 19.6 Å². The predicted octanol–water partition coefficient (Wildman–Crippen LogP) is 3.17. The Bertz CT molecular complexity index is 545. The lowest BCUT2D eigenvalue weighted by atomic mass is 10.1. The van der Waals surface area contributed by atoms with Crippen molar-refractivity contribution in [3.05, 3.63) is 34.3 Å². The van der Waals surface area contributed by atoms with E-state index in [2.05, 4.69) is 5.32 Å². The van der Waals surface area contributed by atoms with E-state index in [9.17, 15) is 9.59 Å². The first kappa shape index (κ1) is 16.8. The van der Waals surface area contributed by atoms with Gasteiger partial charge >= 0.3 is 0 Å². The molecule has 0 atom stereocenters. The maximum Gasteiger partial charge on any atom is 0.252 e. The van der Waals surface area contributed by atoms with Crippen LogP contribution in [0, 0.1) is 6.92 Å². The highest BCUT2D eigenvalue weighted by Crippen LogP contribution is 2.17. The first-order chi connectivity index (χ1) is 10.6. The van der Waals surface area contributed by atoms with E-state index >= 15 is 0 Å². The summed E-state index contributed by atoms with van der Waals surface area (Å²) < 4.78 is 0. The van der Waals surface area contributed by atoms with Gasteiger partial charge < -0.3 is 10.2 Å². The number of benzene rings is 1. The van der Waals surface area contributed by atoms with E-state index in [0.29, 0.717) is 30.1 Å². The van der Waals surface area contributed by atoms with Gasteiger partial charge in [0.05, 0.1) is 10.6 Å². The van der Waals surface area contributed by atoms with Crippen LogP contribution in [0.2, 0.25) is 5.02 Å². The Labute approximate surface area is 136 Å². The number of amides is 2. The second kappa shape index (κ2) is 8.18. The summed E-state index contributed by atoms with van der Waals surface area (Å²) >= 11 is 6.08. The summed E-state index contributed by atoms with van der Waals surface area (Å²) in [4.78, 5) is 25.8. The van der Waals surface area contributed by atoms with E-state index in [1.807, 2.05) is 17.9 Å². The van der Waals surface area contributed by atoms with E-state index < -0.39 is 0 Å². The molecule has 0 saturated carbocycles. The van der Waals surface area contributed by atoms with Gasteiger partial charge in [-0.25, -0.2) is 0 Å². The fourth-order valence-corrected chi connectivity index (χ4v) is 2.97. The highest BCUT2D eigenvalue weighted by molar-refractivity contribution is 6.33. The van der Waals surface area contributed by atoms with Gasteiger partial charge in [-0.3, -0.25) is 9.59 Å². The molecule has 1 aromatic carbocycles. The van der Waals surface area contributed by atoms with Gasteiger partial charge in [-0.15, -0.1) is 0 Å².